The van der Waals surface area contributed by atoms with Gasteiger partial charge in [-0.15, -0.1) is 0 Å². The number of benzene rings is 7. The summed E-state index contributed by atoms with van der Waals surface area (Å²) in [7, 11) is 0. The highest BCUT2D eigenvalue weighted by Gasteiger charge is 2.13. The summed E-state index contributed by atoms with van der Waals surface area (Å²) in [5.74, 6) is 0. The van der Waals surface area contributed by atoms with E-state index in [1.165, 1.54) is 11.1 Å². The number of hydrogen-bond acceptors (Lipinski definition) is 3. The number of rotatable bonds is 6. The summed E-state index contributed by atoms with van der Waals surface area (Å²) in [6, 6.07) is 70.6. The molecule has 0 N–H and O–H groups in total. The first-order chi connectivity index (χ1) is 26.7. The van der Waals surface area contributed by atoms with E-state index < -0.39 is 0 Å². The Morgan fingerprint density at radius 3 is 0.981 bits per heavy atom. The van der Waals surface area contributed by atoms with Crippen LogP contribution in [0.25, 0.3) is 99.9 Å². The minimum Gasteiger partial charge on any atom is -0.248 e. The fraction of sp³-hybridized carbons (Fsp3) is 0. The topological polar surface area (TPSA) is 38.7 Å². The van der Waals surface area contributed by atoms with Crippen LogP contribution in [0.5, 0.6) is 0 Å². The minimum absolute atomic E-state index is 0.966. The van der Waals surface area contributed by atoms with Gasteiger partial charge in [0.05, 0.1) is 33.6 Å². The molecule has 10 rings (SSSR count). The van der Waals surface area contributed by atoms with E-state index in [2.05, 4.69) is 170 Å². The summed E-state index contributed by atoms with van der Waals surface area (Å²) >= 11 is 0. The summed E-state index contributed by atoms with van der Waals surface area (Å²) in [5, 5.41) is 3.43. The predicted molar refractivity (Wildman–Crippen MR) is 225 cm³/mol. The van der Waals surface area contributed by atoms with Gasteiger partial charge in [0.25, 0.3) is 0 Å². The van der Waals surface area contributed by atoms with Crippen molar-refractivity contribution in [3.8, 4) is 67.2 Å². The van der Waals surface area contributed by atoms with Crippen LogP contribution in [0, 0.1) is 0 Å². The Kier molecular flexibility index (Phi) is 7.81. The van der Waals surface area contributed by atoms with Crippen LogP contribution < -0.4 is 0 Å². The van der Waals surface area contributed by atoms with E-state index in [0.29, 0.717) is 0 Å². The summed E-state index contributed by atoms with van der Waals surface area (Å²) in [5.41, 5.74) is 16.1. The molecule has 0 unspecified atom stereocenters. The molecule has 0 saturated carbocycles. The molecule has 0 bridgehead atoms. The van der Waals surface area contributed by atoms with E-state index in [0.717, 1.165) is 88.7 Å². The molecule has 7 aromatic carbocycles. The van der Waals surface area contributed by atoms with Gasteiger partial charge in [0, 0.05) is 32.8 Å². The van der Waals surface area contributed by atoms with E-state index in [1.807, 2.05) is 30.3 Å². The van der Waals surface area contributed by atoms with Gasteiger partial charge in [-0.05, 0) is 75.8 Å². The zero-order valence-corrected chi connectivity index (χ0v) is 29.4. The van der Waals surface area contributed by atoms with Gasteiger partial charge in [-0.3, -0.25) is 0 Å². The van der Waals surface area contributed by atoms with Crippen LogP contribution in [0.3, 0.4) is 0 Å². The average molecular weight is 688 g/mol. The van der Waals surface area contributed by atoms with Crippen molar-refractivity contribution >= 4 is 32.7 Å². The summed E-state index contributed by atoms with van der Waals surface area (Å²) < 4.78 is 0. The first-order valence-corrected chi connectivity index (χ1v) is 18.3. The quantitative estimate of drug-likeness (QED) is 0.175. The lowest BCUT2D eigenvalue weighted by Gasteiger charge is -2.15. The Bertz CT molecular complexity index is 2960. The van der Waals surface area contributed by atoms with Crippen LogP contribution in [0.1, 0.15) is 0 Å². The Labute approximate surface area is 313 Å². The van der Waals surface area contributed by atoms with E-state index in [9.17, 15) is 0 Å². The molecule has 252 valence electrons. The van der Waals surface area contributed by atoms with Crippen LogP contribution >= 0.6 is 0 Å². The van der Waals surface area contributed by atoms with Crippen LogP contribution in [-0.2, 0) is 0 Å². The van der Waals surface area contributed by atoms with E-state index in [-0.39, 0.29) is 0 Å². The second-order valence-electron chi connectivity index (χ2n) is 13.7. The smallest absolute Gasteiger partial charge is 0.0709 e. The molecule has 0 aliphatic rings. The third kappa shape index (κ3) is 5.98. The lowest BCUT2D eigenvalue weighted by Crippen LogP contribution is -1.90. The molecule has 0 atom stereocenters. The molecule has 0 saturated heterocycles. The van der Waals surface area contributed by atoms with Crippen LogP contribution in [0.4, 0.5) is 0 Å². The molecule has 0 aliphatic carbocycles. The number of para-hydroxylation sites is 3. The SMILES string of the molecule is c1ccc2nc(-c3ccc(-c4ccc(-c5ccc(-c6ccc7ccccc7n6)cc5)c(-c5ccc(-c6ccc7ccccc7n6)cc5)c4)cc3)ccc2c1. The zero-order chi connectivity index (χ0) is 35.8. The van der Waals surface area contributed by atoms with Gasteiger partial charge in [0.1, 0.15) is 0 Å². The second kappa shape index (κ2) is 13.4. The van der Waals surface area contributed by atoms with Gasteiger partial charge in [-0.2, -0.15) is 0 Å². The number of hydrogen-bond donors (Lipinski definition) is 0. The lowest BCUT2D eigenvalue weighted by atomic mass is 9.90. The zero-order valence-electron chi connectivity index (χ0n) is 29.4. The normalized spacial score (nSPS) is 11.3. The minimum atomic E-state index is 0.966. The predicted octanol–water partition coefficient (Wildman–Crippen LogP) is 13.3. The highest BCUT2D eigenvalue weighted by Crippen LogP contribution is 2.38. The lowest BCUT2D eigenvalue weighted by molar-refractivity contribution is 1.40. The molecule has 0 amide bonds. The second-order valence-corrected chi connectivity index (χ2v) is 13.7. The van der Waals surface area contributed by atoms with Crippen LogP contribution in [0.2, 0.25) is 0 Å². The molecule has 0 spiro atoms. The summed E-state index contributed by atoms with van der Waals surface area (Å²) in [6.45, 7) is 0. The third-order valence-corrected chi connectivity index (χ3v) is 10.3. The van der Waals surface area contributed by atoms with Crippen molar-refractivity contribution < 1.29 is 0 Å². The summed E-state index contributed by atoms with van der Waals surface area (Å²) in [6.07, 6.45) is 0. The Balaban J connectivity index is 1.02. The average Bonchev–Trinajstić information content (AvgIpc) is 3.26. The van der Waals surface area contributed by atoms with Crippen molar-refractivity contribution in [1.82, 2.24) is 15.0 Å². The van der Waals surface area contributed by atoms with Crippen molar-refractivity contribution in [3.63, 3.8) is 0 Å². The molecule has 3 aromatic heterocycles. The third-order valence-electron chi connectivity index (χ3n) is 10.3. The Morgan fingerprint density at radius 2 is 0.556 bits per heavy atom. The van der Waals surface area contributed by atoms with Crippen molar-refractivity contribution in [2.75, 3.05) is 0 Å². The molecular weight excluding hydrogens is 655 g/mol. The fourth-order valence-electron chi connectivity index (χ4n) is 7.37. The number of pyridine rings is 3. The molecule has 0 radical (unpaired) electrons. The molecular formula is C51H33N3. The monoisotopic (exact) mass is 687 g/mol. The molecule has 3 heterocycles. The highest BCUT2D eigenvalue weighted by atomic mass is 14.7. The largest absolute Gasteiger partial charge is 0.248 e. The first kappa shape index (κ1) is 31.5. The van der Waals surface area contributed by atoms with Crippen LogP contribution in [0.15, 0.2) is 200 Å². The van der Waals surface area contributed by atoms with Gasteiger partial charge < -0.3 is 0 Å². The fourth-order valence-corrected chi connectivity index (χ4v) is 7.37. The molecule has 0 fully saturated rings. The molecule has 0 aliphatic heterocycles. The van der Waals surface area contributed by atoms with Gasteiger partial charge in [-0.25, -0.2) is 15.0 Å². The van der Waals surface area contributed by atoms with Crippen molar-refractivity contribution in [3.05, 3.63) is 200 Å². The van der Waals surface area contributed by atoms with E-state index >= 15 is 0 Å². The van der Waals surface area contributed by atoms with Gasteiger partial charge in [0.2, 0.25) is 0 Å². The Morgan fingerprint density at radius 1 is 0.222 bits per heavy atom. The number of aromatic nitrogens is 3. The number of fused-ring (bicyclic) bond motifs is 3. The maximum atomic E-state index is 4.95. The van der Waals surface area contributed by atoms with Crippen LogP contribution in [-0.4, -0.2) is 15.0 Å². The molecule has 3 nitrogen and oxygen atoms in total. The standard InChI is InChI=1S/C51H33N3/c1-4-10-46-37(7-1)26-30-49(52-46)40-19-13-34(14-20-40)43-25-29-44(35-15-21-41(22-16-35)50-31-27-38-8-2-5-11-47(38)53-50)45(33-43)36-17-23-42(24-18-36)51-32-28-39-9-3-6-12-48(39)54-51/h1-33H. The Hall–Kier alpha value is -7.23. The van der Waals surface area contributed by atoms with Gasteiger partial charge in [-0.1, -0.05) is 158 Å². The van der Waals surface area contributed by atoms with Gasteiger partial charge in [0.15, 0.2) is 0 Å². The summed E-state index contributed by atoms with van der Waals surface area (Å²) in [4.78, 5) is 14.8. The van der Waals surface area contributed by atoms with Crippen molar-refractivity contribution in [2.24, 2.45) is 0 Å². The molecule has 54 heavy (non-hydrogen) atoms. The molecule has 10 aromatic rings. The maximum absolute atomic E-state index is 4.95. The molecule has 3 heteroatoms. The van der Waals surface area contributed by atoms with E-state index in [1.54, 1.807) is 0 Å². The van der Waals surface area contributed by atoms with Gasteiger partial charge >= 0.3 is 0 Å². The highest BCUT2D eigenvalue weighted by molar-refractivity contribution is 5.90. The number of nitrogens with zero attached hydrogens (tertiary/aromatic N) is 3. The maximum Gasteiger partial charge on any atom is 0.0709 e. The first-order valence-electron chi connectivity index (χ1n) is 18.3. The van der Waals surface area contributed by atoms with Crippen molar-refractivity contribution in [1.29, 1.82) is 0 Å². The van der Waals surface area contributed by atoms with Crippen molar-refractivity contribution in [2.45, 2.75) is 0 Å². The van der Waals surface area contributed by atoms with E-state index in [4.69, 9.17) is 15.0 Å².